The molecule has 2 aromatic rings. The number of hydrogen-bond acceptors (Lipinski definition) is 4. The highest BCUT2D eigenvalue weighted by atomic mass is 16.5. The molecule has 6 nitrogen and oxygen atoms in total. The summed E-state index contributed by atoms with van der Waals surface area (Å²) >= 11 is 0. The van der Waals surface area contributed by atoms with E-state index in [1.54, 1.807) is 19.0 Å². The Balaban J connectivity index is 1.65. The molecular formula is C21H28N4O2. The van der Waals surface area contributed by atoms with Crippen LogP contribution < -0.4 is 0 Å². The van der Waals surface area contributed by atoms with E-state index in [4.69, 9.17) is 9.72 Å². The van der Waals surface area contributed by atoms with Gasteiger partial charge in [-0.05, 0) is 30.5 Å². The van der Waals surface area contributed by atoms with Crippen LogP contribution in [0.4, 0.5) is 0 Å². The minimum absolute atomic E-state index is 0.0447. The molecule has 4 rings (SSSR count). The zero-order chi connectivity index (χ0) is 19.0. The first kappa shape index (κ1) is 18.2. The van der Waals surface area contributed by atoms with Gasteiger partial charge in [0, 0.05) is 65.1 Å². The Labute approximate surface area is 160 Å². The molecule has 0 N–H and O–H groups in total. The molecule has 1 spiro atoms. The fourth-order valence-electron chi connectivity index (χ4n) is 4.52. The SMILES string of the molecule is CN(C)C(=O)c1cccc(CN2CCc3c(ncn3C)C23CCOCC3)c1. The van der Waals surface area contributed by atoms with Gasteiger partial charge in [-0.25, -0.2) is 4.98 Å². The summed E-state index contributed by atoms with van der Waals surface area (Å²) in [6.07, 6.45) is 4.88. The van der Waals surface area contributed by atoms with Crippen molar-refractivity contribution in [3.05, 3.63) is 53.1 Å². The van der Waals surface area contributed by atoms with Gasteiger partial charge in [-0.3, -0.25) is 9.69 Å². The first-order chi connectivity index (χ1) is 13.0. The smallest absolute Gasteiger partial charge is 0.253 e. The molecule has 0 bridgehead atoms. The van der Waals surface area contributed by atoms with Crippen molar-refractivity contribution >= 4 is 5.91 Å². The number of amides is 1. The van der Waals surface area contributed by atoms with Crippen molar-refractivity contribution in [2.45, 2.75) is 31.3 Å². The average molecular weight is 368 g/mol. The van der Waals surface area contributed by atoms with Gasteiger partial charge >= 0.3 is 0 Å². The standard InChI is InChI=1S/C21H28N4O2/c1-23(2)20(26)17-6-4-5-16(13-17)14-25-10-7-18-19(22-15-24(18)3)21(25)8-11-27-12-9-21/h4-6,13,15H,7-12,14H2,1-3H3. The number of nitrogens with zero attached hydrogens (tertiary/aromatic N) is 4. The highest BCUT2D eigenvalue weighted by molar-refractivity contribution is 5.94. The molecule has 6 heteroatoms. The second kappa shape index (κ2) is 7.09. The molecule has 1 amide bonds. The lowest BCUT2D eigenvalue weighted by Gasteiger charge is -2.48. The quantitative estimate of drug-likeness (QED) is 0.833. The third-order valence-electron chi connectivity index (χ3n) is 6.00. The van der Waals surface area contributed by atoms with E-state index >= 15 is 0 Å². The zero-order valence-electron chi connectivity index (χ0n) is 16.4. The van der Waals surface area contributed by atoms with Gasteiger partial charge in [0.2, 0.25) is 0 Å². The average Bonchev–Trinajstić information content (AvgIpc) is 3.06. The molecule has 0 unspecified atom stereocenters. The number of aryl methyl sites for hydroxylation is 1. The molecule has 0 saturated carbocycles. The maximum atomic E-state index is 12.3. The van der Waals surface area contributed by atoms with Crippen LogP contribution in [0.5, 0.6) is 0 Å². The van der Waals surface area contributed by atoms with Crippen molar-refractivity contribution in [1.82, 2.24) is 19.4 Å². The van der Waals surface area contributed by atoms with Crippen molar-refractivity contribution in [3.63, 3.8) is 0 Å². The van der Waals surface area contributed by atoms with Crippen LogP contribution >= 0.6 is 0 Å². The molecule has 144 valence electrons. The first-order valence-corrected chi connectivity index (χ1v) is 9.65. The molecule has 1 aromatic heterocycles. The van der Waals surface area contributed by atoms with Crippen molar-refractivity contribution in [2.75, 3.05) is 33.9 Å². The van der Waals surface area contributed by atoms with Gasteiger partial charge in [0.15, 0.2) is 0 Å². The van der Waals surface area contributed by atoms with Gasteiger partial charge in [-0.15, -0.1) is 0 Å². The number of ether oxygens (including phenoxy) is 1. The van der Waals surface area contributed by atoms with E-state index in [0.717, 1.165) is 51.1 Å². The Morgan fingerprint density at radius 1 is 1.30 bits per heavy atom. The van der Waals surface area contributed by atoms with Crippen molar-refractivity contribution in [3.8, 4) is 0 Å². The predicted octanol–water partition coefficient (Wildman–Crippen LogP) is 2.19. The van der Waals surface area contributed by atoms with Crippen LogP contribution in [0.25, 0.3) is 0 Å². The summed E-state index contributed by atoms with van der Waals surface area (Å²) in [7, 11) is 5.67. The second-order valence-corrected chi connectivity index (χ2v) is 7.87. The summed E-state index contributed by atoms with van der Waals surface area (Å²) in [5, 5.41) is 0. The molecule has 0 atom stereocenters. The first-order valence-electron chi connectivity index (χ1n) is 9.65. The number of hydrogen-bond donors (Lipinski definition) is 0. The fourth-order valence-corrected chi connectivity index (χ4v) is 4.52. The number of carbonyl (C=O) groups excluding carboxylic acids is 1. The second-order valence-electron chi connectivity index (χ2n) is 7.87. The lowest BCUT2D eigenvalue weighted by atomic mass is 9.80. The Morgan fingerprint density at radius 2 is 2.07 bits per heavy atom. The normalized spacial score (nSPS) is 19.1. The van der Waals surface area contributed by atoms with Crippen molar-refractivity contribution in [2.24, 2.45) is 7.05 Å². The van der Waals surface area contributed by atoms with E-state index in [1.807, 2.05) is 24.5 Å². The van der Waals surface area contributed by atoms with Gasteiger partial charge in [-0.1, -0.05) is 12.1 Å². The van der Waals surface area contributed by atoms with Crippen molar-refractivity contribution in [1.29, 1.82) is 0 Å². The molecule has 2 aliphatic heterocycles. The van der Waals surface area contributed by atoms with Crippen LogP contribution in [-0.2, 0) is 30.3 Å². The molecule has 27 heavy (non-hydrogen) atoms. The number of rotatable bonds is 3. The minimum atomic E-state index is -0.0609. The summed E-state index contributed by atoms with van der Waals surface area (Å²) in [4.78, 5) is 21.3. The Morgan fingerprint density at radius 3 is 2.81 bits per heavy atom. The molecule has 1 fully saturated rings. The summed E-state index contributed by atoms with van der Waals surface area (Å²) in [5.74, 6) is 0.0447. The number of fused-ring (bicyclic) bond motifs is 2. The summed E-state index contributed by atoms with van der Waals surface area (Å²) in [5.41, 5.74) is 4.43. The number of imidazole rings is 1. The van der Waals surface area contributed by atoms with Gasteiger partial charge in [0.25, 0.3) is 5.91 Å². The fraction of sp³-hybridized carbons (Fsp3) is 0.524. The van der Waals surface area contributed by atoms with Gasteiger partial charge in [0.05, 0.1) is 17.6 Å². The lowest BCUT2D eigenvalue weighted by molar-refractivity contribution is -0.0452. The van der Waals surface area contributed by atoms with E-state index in [2.05, 4.69) is 22.6 Å². The maximum Gasteiger partial charge on any atom is 0.253 e. The highest BCUT2D eigenvalue weighted by Crippen LogP contribution is 2.42. The Hall–Kier alpha value is -2.18. The van der Waals surface area contributed by atoms with E-state index < -0.39 is 0 Å². The van der Waals surface area contributed by atoms with Gasteiger partial charge < -0.3 is 14.2 Å². The highest BCUT2D eigenvalue weighted by Gasteiger charge is 2.46. The topological polar surface area (TPSA) is 50.6 Å². The van der Waals surface area contributed by atoms with Crippen LogP contribution in [0, 0.1) is 0 Å². The van der Waals surface area contributed by atoms with Crippen LogP contribution in [-0.4, -0.2) is 59.1 Å². The third kappa shape index (κ3) is 3.17. The molecule has 1 saturated heterocycles. The maximum absolute atomic E-state index is 12.3. The molecular weight excluding hydrogens is 340 g/mol. The van der Waals surface area contributed by atoms with Crippen LogP contribution in [0.3, 0.4) is 0 Å². The van der Waals surface area contributed by atoms with E-state index in [9.17, 15) is 4.79 Å². The van der Waals surface area contributed by atoms with E-state index in [-0.39, 0.29) is 11.4 Å². The van der Waals surface area contributed by atoms with Gasteiger partial charge in [0.1, 0.15) is 0 Å². The molecule has 3 heterocycles. The van der Waals surface area contributed by atoms with Crippen LogP contribution in [0.2, 0.25) is 0 Å². The van der Waals surface area contributed by atoms with Crippen LogP contribution in [0.1, 0.15) is 40.2 Å². The summed E-state index contributed by atoms with van der Waals surface area (Å²) < 4.78 is 7.85. The minimum Gasteiger partial charge on any atom is -0.381 e. The number of carbonyl (C=O) groups is 1. The van der Waals surface area contributed by atoms with Gasteiger partial charge in [-0.2, -0.15) is 0 Å². The molecule has 2 aliphatic rings. The number of aromatic nitrogens is 2. The summed E-state index contributed by atoms with van der Waals surface area (Å²) in [6, 6.07) is 8.03. The third-order valence-corrected chi connectivity index (χ3v) is 6.00. The van der Waals surface area contributed by atoms with E-state index in [1.165, 1.54) is 17.0 Å². The summed E-state index contributed by atoms with van der Waals surface area (Å²) in [6.45, 7) is 3.36. The van der Waals surface area contributed by atoms with Crippen molar-refractivity contribution < 1.29 is 9.53 Å². The number of benzene rings is 1. The molecule has 0 aliphatic carbocycles. The predicted molar refractivity (Wildman–Crippen MR) is 104 cm³/mol. The Kier molecular flexibility index (Phi) is 4.78. The molecule has 1 aromatic carbocycles. The van der Waals surface area contributed by atoms with Crippen LogP contribution in [0.15, 0.2) is 30.6 Å². The van der Waals surface area contributed by atoms with E-state index in [0.29, 0.717) is 0 Å². The zero-order valence-corrected chi connectivity index (χ0v) is 16.4. The molecule has 0 radical (unpaired) electrons. The monoisotopic (exact) mass is 368 g/mol. The largest absolute Gasteiger partial charge is 0.381 e. The lowest BCUT2D eigenvalue weighted by Crippen LogP contribution is -2.53. The Bertz CT molecular complexity index is 836.